The van der Waals surface area contributed by atoms with Crippen LogP contribution in [0.2, 0.25) is 0 Å². The SMILES string of the molecule is CC(O)CN(C(=O)Nc1nc2ccccc2s1)C1CCCCC1. The Morgan fingerprint density at radius 3 is 2.83 bits per heavy atom. The highest BCUT2D eigenvalue weighted by atomic mass is 32.1. The summed E-state index contributed by atoms with van der Waals surface area (Å²) >= 11 is 1.48. The summed E-state index contributed by atoms with van der Waals surface area (Å²) in [5, 5.41) is 13.3. The number of nitrogens with zero attached hydrogens (tertiary/aromatic N) is 2. The molecule has 0 radical (unpaired) electrons. The second-order valence-electron chi connectivity index (χ2n) is 6.21. The summed E-state index contributed by atoms with van der Waals surface area (Å²) in [5.41, 5.74) is 0.896. The maximum Gasteiger partial charge on any atom is 0.323 e. The van der Waals surface area contributed by atoms with E-state index in [2.05, 4.69) is 10.3 Å². The van der Waals surface area contributed by atoms with Crippen molar-refractivity contribution in [3.63, 3.8) is 0 Å². The zero-order valence-electron chi connectivity index (χ0n) is 13.4. The van der Waals surface area contributed by atoms with Crippen molar-refractivity contribution in [1.29, 1.82) is 0 Å². The number of carbonyl (C=O) groups is 1. The molecule has 1 aliphatic rings. The van der Waals surface area contributed by atoms with Gasteiger partial charge in [0.15, 0.2) is 5.13 Å². The first-order valence-electron chi connectivity index (χ1n) is 8.25. The fraction of sp³-hybridized carbons (Fsp3) is 0.529. The van der Waals surface area contributed by atoms with Gasteiger partial charge in [0, 0.05) is 12.6 Å². The third-order valence-corrected chi connectivity index (χ3v) is 5.20. The van der Waals surface area contributed by atoms with E-state index < -0.39 is 6.10 Å². The molecule has 2 amide bonds. The van der Waals surface area contributed by atoms with Crippen LogP contribution in [0.4, 0.5) is 9.93 Å². The molecule has 0 saturated heterocycles. The Bertz CT molecular complexity index is 632. The Hall–Kier alpha value is -1.66. The molecule has 1 aliphatic carbocycles. The van der Waals surface area contributed by atoms with E-state index in [1.807, 2.05) is 24.3 Å². The maximum absolute atomic E-state index is 12.7. The van der Waals surface area contributed by atoms with Crippen molar-refractivity contribution in [3.05, 3.63) is 24.3 Å². The average molecular weight is 333 g/mol. The van der Waals surface area contributed by atoms with Crippen molar-refractivity contribution < 1.29 is 9.90 Å². The molecule has 1 unspecified atom stereocenters. The summed E-state index contributed by atoms with van der Waals surface area (Å²) in [6.45, 7) is 2.09. The van der Waals surface area contributed by atoms with Gasteiger partial charge in [-0.15, -0.1) is 0 Å². The zero-order chi connectivity index (χ0) is 16.2. The first kappa shape index (κ1) is 16.2. The Kier molecular flexibility index (Phi) is 5.13. The summed E-state index contributed by atoms with van der Waals surface area (Å²) < 4.78 is 1.06. The molecular weight excluding hydrogens is 310 g/mol. The number of aromatic nitrogens is 1. The van der Waals surface area contributed by atoms with Gasteiger partial charge in [-0.25, -0.2) is 9.78 Å². The highest BCUT2D eigenvalue weighted by Crippen LogP contribution is 2.27. The highest BCUT2D eigenvalue weighted by Gasteiger charge is 2.27. The van der Waals surface area contributed by atoms with E-state index in [-0.39, 0.29) is 12.1 Å². The molecule has 6 heteroatoms. The number of aliphatic hydroxyl groups is 1. The number of rotatable bonds is 4. The molecule has 1 atom stereocenters. The summed E-state index contributed by atoms with van der Waals surface area (Å²) in [6.07, 6.45) is 5.03. The van der Waals surface area contributed by atoms with Crippen molar-refractivity contribution >= 4 is 32.7 Å². The van der Waals surface area contributed by atoms with Crippen molar-refractivity contribution in [2.24, 2.45) is 0 Å². The van der Waals surface area contributed by atoms with E-state index in [9.17, 15) is 9.90 Å². The van der Waals surface area contributed by atoms with Crippen molar-refractivity contribution in [2.75, 3.05) is 11.9 Å². The van der Waals surface area contributed by atoms with E-state index in [0.29, 0.717) is 11.7 Å². The van der Waals surface area contributed by atoms with Crippen molar-refractivity contribution in [3.8, 4) is 0 Å². The normalized spacial score (nSPS) is 17.1. The molecule has 23 heavy (non-hydrogen) atoms. The Labute approximate surface area is 140 Å². The second-order valence-corrected chi connectivity index (χ2v) is 7.24. The van der Waals surface area contributed by atoms with Crippen LogP contribution >= 0.6 is 11.3 Å². The number of carbonyl (C=O) groups excluding carboxylic acids is 1. The number of hydrogen-bond acceptors (Lipinski definition) is 4. The lowest BCUT2D eigenvalue weighted by Gasteiger charge is -2.34. The first-order chi connectivity index (χ1) is 11.1. The number of aliphatic hydroxyl groups excluding tert-OH is 1. The lowest BCUT2D eigenvalue weighted by atomic mass is 9.94. The largest absolute Gasteiger partial charge is 0.392 e. The van der Waals surface area contributed by atoms with Gasteiger partial charge in [-0.3, -0.25) is 5.32 Å². The summed E-state index contributed by atoms with van der Waals surface area (Å²) in [7, 11) is 0. The third-order valence-electron chi connectivity index (χ3n) is 4.25. The molecule has 5 nitrogen and oxygen atoms in total. The molecule has 1 fully saturated rings. The molecule has 0 aliphatic heterocycles. The Morgan fingerprint density at radius 1 is 1.39 bits per heavy atom. The first-order valence-corrected chi connectivity index (χ1v) is 9.06. The highest BCUT2D eigenvalue weighted by molar-refractivity contribution is 7.22. The van der Waals surface area contributed by atoms with Gasteiger partial charge in [0.1, 0.15) is 0 Å². The molecule has 1 aromatic heterocycles. The number of fused-ring (bicyclic) bond motifs is 1. The monoisotopic (exact) mass is 333 g/mol. The van der Waals surface area contributed by atoms with E-state index in [1.54, 1.807) is 11.8 Å². The van der Waals surface area contributed by atoms with Crippen LogP contribution in [-0.4, -0.2) is 39.7 Å². The lowest BCUT2D eigenvalue weighted by Crippen LogP contribution is -2.47. The molecule has 0 bridgehead atoms. The zero-order valence-corrected chi connectivity index (χ0v) is 14.2. The van der Waals surface area contributed by atoms with E-state index >= 15 is 0 Å². The van der Waals surface area contributed by atoms with Gasteiger partial charge < -0.3 is 10.0 Å². The fourth-order valence-corrected chi connectivity index (χ4v) is 4.02. The number of thiazole rings is 1. The summed E-state index contributed by atoms with van der Waals surface area (Å²) in [4.78, 5) is 18.9. The van der Waals surface area contributed by atoms with Gasteiger partial charge in [-0.1, -0.05) is 42.7 Å². The molecule has 2 aromatic rings. The quantitative estimate of drug-likeness (QED) is 0.893. The van der Waals surface area contributed by atoms with Crippen LogP contribution in [0.25, 0.3) is 10.2 Å². The third kappa shape index (κ3) is 4.00. The van der Waals surface area contributed by atoms with Crippen molar-refractivity contribution in [2.45, 2.75) is 51.2 Å². The standard InChI is InChI=1S/C17H23N3O2S/c1-12(21)11-20(13-7-3-2-4-8-13)17(22)19-16-18-14-9-5-6-10-15(14)23-16/h5-6,9-10,12-13,21H,2-4,7-8,11H2,1H3,(H,18,19,22). The smallest absolute Gasteiger partial charge is 0.323 e. The van der Waals surface area contributed by atoms with Gasteiger partial charge in [-0.2, -0.15) is 0 Å². The predicted octanol–water partition coefficient (Wildman–Crippen LogP) is 3.84. The molecule has 124 valence electrons. The van der Waals surface area contributed by atoms with Crippen LogP contribution in [0.15, 0.2) is 24.3 Å². The molecular formula is C17H23N3O2S. The van der Waals surface area contributed by atoms with Crippen LogP contribution in [0, 0.1) is 0 Å². The number of para-hydroxylation sites is 1. The van der Waals surface area contributed by atoms with Gasteiger partial charge >= 0.3 is 6.03 Å². The summed E-state index contributed by atoms with van der Waals surface area (Å²) in [6, 6.07) is 7.90. The topological polar surface area (TPSA) is 65.5 Å². The Balaban J connectivity index is 1.73. The number of nitrogens with one attached hydrogen (secondary N) is 1. The van der Waals surface area contributed by atoms with Gasteiger partial charge in [0.25, 0.3) is 0 Å². The minimum atomic E-state index is -0.530. The van der Waals surface area contributed by atoms with Gasteiger partial charge in [0.2, 0.25) is 0 Å². The second kappa shape index (κ2) is 7.27. The summed E-state index contributed by atoms with van der Waals surface area (Å²) in [5.74, 6) is 0. The number of hydrogen-bond donors (Lipinski definition) is 2. The minimum Gasteiger partial charge on any atom is -0.392 e. The van der Waals surface area contributed by atoms with E-state index in [0.717, 1.165) is 35.9 Å². The molecule has 3 rings (SSSR count). The number of urea groups is 1. The van der Waals surface area contributed by atoms with Crippen LogP contribution in [-0.2, 0) is 0 Å². The predicted molar refractivity (Wildman–Crippen MR) is 93.9 cm³/mol. The average Bonchev–Trinajstić information content (AvgIpc) is 2.95. The van der Waals surface area contributed by atoms with Gasteiger partial charge in [0.05, 0.1) is 16.3 Å². The Morgan fingerprint density at radius 2 is 2.13 bits per heavy atom. The molecule has 0 spiro atoms. The molecule has 1 heterocycles. The van der Waals surface area contributed by atoms with Crippen molar-refractivity contribution in [1.82, 2.24) is 9.88 Å². The van der Waals surface area contributed by atoms with Crippen LogP contribution in [0.3, 0.4) is 0 Å². The minimum absolute atomic E-state index is 0.156. The fourth-order valence-electron chi connectivity index (χ4n) is 3.16. The van der Waals surface area contributed by atoms with Crippen LogP contribution < -0.4 is 5.32 Å². The molecule has 1 aromatic carbocycles. The molecule has 2 N–H and O–H groups in total. The number of anilines is 1. The van der Waals surface area contributed by atoms with Gasteiger partial charge in [-0.05, 0) is 31.9 Å². The lowest BCUT2D eigenvalue weighted by molar-refractivity contribution is 0.105. The maximum atomic E-state index is 12.7. The van der Waals surface area contributed by atoms with Crippen LogP contribution in [0.1, 0.15) is 39.0 Å². The molecule has 1 saturated carbocycles. The van der Waals surface area contributed by atoms with E-state index in [4.69, 9.17) is 0 Å². The van der Waals surface area contributed by atoms with Crippen LogP contribution in [0.5, 0.6) is 0 Å². The number of amides is 2. The van der Waals surface area contributed by atoms with E-state index in [1.165, 1.54) is 17.8 Å². The number of benzene rings is 1.